The molecule has 1 amide bonds. The molecule has 0 heterocycles. The second-order valence-corrected chi connectivity index (χ2v) is 7.82. The maximum atomic E-state index is 11.5. The van der Waals surface area contributed by atoms with Crippen LogP contribution in [0.2, 0.25) is 0 Å². The van der Waals surface area contributed by atoms with E-state index in [1.807, 2.05) is 30.3 Å². The summed E-state index contributed by atoms with van der Waals surface area (Å²) in [7, 11) is -0.468. The summed E-state index contributed by atoms with van der Waals surface area (Å²) in [4.78, 5) is 11.5. The van der Waals surface area contributed by atoms with Gasteiger partial charge >= 0.3 is 0 Å². The highest BCUT2D eigenvalue weighted by molar-refractivity contribution is 7.56. The third-order valence-electron chi connectivity index (χ3n) is 2.75. The number of hydrogen-bond acceptors (Lipinski definition) is 2. The van der Waals surface area contributed by atoms with E-state index in [4.69, 9.17) is 5.73 Å². The molecule has 4 heteroatoms. The van der Waals surface area contributed by atoms with Crippen LogP contribution in [0.1, 0.15) is 32.4 Å². The molecule has 1 rings (SSSR count). The lowest BCUT2D eigenvalue weighted by atomic mass is 10.1. The zero-order valence-corrected chi connectivity index (χ0v) is 11.8. The highest BCUT2D eigenvalue weighted by atomic mass is 31.1. The third kappa shape index (κ3) is 4.10. The van der Waals surface area contributed by atoms with E-state index in [2.05, 4.69) is 32.5 Å². The van der Waals surface area contributed by atoms with E-state index in [0.29, 0.717) is 0 Å². The molecule has 1 aromatic rings. The van der Waals surface area contributed by atoms with Crippen molar-refractivity contribution in [2.75, 3.05) is 6.66 Å². The summed E-state index contributed by atoms with van der Waals surface area (Å²) in [6.45, 7) is 8.62. The van der Waals surface area contributed by atoms with Crippen molar-refractivity contribution in [1.29, 1.82) is 0 Å². The van der Waals surface area contributed by atoms with E-state index in [9.17, 15) is 4.79 Å². The van der Waals surface area contributed by atoms with E-state index < -0.39 is 14.1 Å². The molecule has 0 saturated heterocycles. The van der Waals surface area contributed by atoms with Crippen LogP contribution >= 0.6 is 8.07 Å². The number of amides is 1. The maximum Gasteiger partial charge on any atom is 0.239 e. The summed E-state index contributed by atoms with van der Waals surface area (Å²) in [5.74, 6) is -0.324. The molecular formula is C13H21N2OP. The van der Waals surface area contributed by atoms with E-state index in [1.54, 1.807) is 0 Å². The molecule has 3 N–H and O–H groups in total. The van der Waals surface area contributed by atoms with Crippen molar-refractivity contribution in [3.63, 3.8) is 0 Å². The Kier molecular flexibility index (Phi) is 4.67. The van der Waals surface area contributed by atoms with Crippen LogP contribution in [0.5, 0.6) is 0 Å². The lowest BCUT2D eigenvalue weighted by Gasteiger charge is -2.31. The molecule has 17 heavy (non-hydrogen) atoms. The zero-order chi connectivity index (χ0) is 13.1. The first-order chi connectivity index (χ1) is 7.82. The monoisotopic (exact) mass is 252 g/mol. The number of benzene rings is 1. The lowest BCUT2D eigenvalue weighted by Crippen LogP contribution is -2.34. The second kappa shape index (κ2) is 5.61. The van der Waals surface area contributed by atoms with Crippen LogP contribution in [0.15, 0.2) is 30.3 Å². The summed E-state index contributed by atoms with van der Waals surface area (Å²) in [5.41, 5.74) is 6.40. The van der Waals surface area contributed by atoms with Gasteiger partial charge in [-0.15, -0.1) is 0 Å². The number of nitrogens with two attached hydrogens (primary N) is 1. The Bertz CT molecular complexity index is 373. The van der Waals surface area contributed by atoms with Gasteiger partial charge in [-0.1, -0.05) is 51.1 Å². The smallest absolute Gasteiger partial charge is 0.239 e. The van der Waals surface area contributed by atoms with Crippen molar-refractivity contribution >= 4 is 14.0 Å². The molecule has 0 fully saturated rings. The van der Waals surface area contributed by atoms with Gasteiger partial charge in [-0.3, -0.25) is 9.88 Å². The van der Waals surface area contributed by atoms with E-state index in [1.165, 1.54) is 0 Å². The van der Waals surface area contributed by atoms with Crippen LogP contribution in [0, 0.1) is 0 Å². The normalized spacial score (nSPS) is 15.3. The Morgan fingerprint density at radius 3 is 2.24 bits per heavy atom. The van der Waals surface area contributed by atoms with Crippen molar-refractivity contribution in [1.82, 2.24) is 5.09 Å². The maximum absolute atomic E-state index is 11.5. The minimum Gasteiger partial charge on any atom is -0.368 e. The molecule has 0 saturated carbocycles. The summed E-state index contributed by atoms with van der Waals surface area (Å²) >= 11 is 0. The molecule has 0 aliphatic heterocycles. The van der Waals surface area contributed by atoms with E-state index >= 15 is 0 Å². The Balaban J connectivity index is 2.86. The van der Waals surface area contributed by atoms with Gasteiger partial charge in [0.05, 0.1) is 0 Å². The minimum absolute atomic E-state index is 0.151. The van der Waals surface area contributed by atoms with Crippen molar-refractivity contribution < 1.29 is 4.79 Å². The average molecular weight is 252 g/mol. The molecule has 1 aromatic carbocycles. The molecule has 3 nitrogen and oxygen atoms in total. The fourth-order valence-electron chi connectivity index (χ4n) is 1.34. The fourth-order valence-corrected chi connectivity index (χ4v) is 2.39. The number of carbonyl (C=O) groups excluding carboxylic acids is 1. The summed E-state index contributed by atoms with van der Waals surface area (Å²) in [5, 5.41) is 3.51. The van der Waals surface area contributed by atoms with Gasteiger partial charge in [0.1, 0.15) is 6.04 Å². The van der Waals surface area contributed by atoms with Gasteiger partial charge in [-0.2, -0.15) is 0 Å². The van der Waals surface area contributed by atoms with Crippen molar-refractivity contribution in [3.05, 3.63) is 35.9 Å². The molecule has 0 aliphatic carbocycles. The number of rotatable bonds is 4. The Morgan fingerprint density at radius 2 is 1.82 bits per heavy atom. The van der Waals surface area contributed by atoms with Gasteiger partial charge in [-0.25, -0.2) is 0 Å². The topological polar surface area (TPSA) is 55.1 Å². The zero-order valence-electron chi connectivity index (χ0n) is 10.9. The molecule has 0 radical (unpaired) electrons. The van der Waals surface area contributed by atoms with E-state index in [0.717, 1.165) is 5.56 Å². The third-order valence-corrected chi connectivity index (χ3v) is 5.40. The van der Waals surface area contributed by atoms with Crippen LogP contribution in [0.25, 0.3) is 0 Å². The fraction of sp³-hybridized carbons (Fsp3) is 0.462. The number of primary amides is 1. The number of hydrogen-bond donors (Lipinski definition) is 2. The highest BCUT2D eigenvalue weighted by Crippen LogP contribution is 2.43. The van der Waals surface area contributed by atoms with Gasteiger partial charge in [0.2, 0.25) is 5.91 Å². The first-order valence-corrected chi connectivity index (χ1v) is 7.45. The largest absolute Gasteiger partial charge is 0.368 e. The molecule has 0 bridgehead atoms. The van der Waals surface area contributed by atoms with E-state index in [-0.39, 0.29) is 11.1 Å². The first kappa shape index (κ1) is 14.1. The lowest BCUT2D eigenvalue weighted by molar-refractivity contribution is -0.119. The number of carbonyl (C=O) groups is 1. The van der Waals surface area contributed by atoms with Gasteiger partial charge < -0.3 is 5.73 Å². The Labute approximate surface area is 105 Å². The van der Waals surface area contributed by atoms with Crippen LogP contribution in [0.4, 0.5) is 0 Å². The van der Waals surface area contributed by atoms with Crippen molar-refractivity contribution in [2.45, 2.75) is 32.0 Å². The predicted molar refractivity (Wildman–Crippen MR) is 74.1 cm³/mol. The Hall–Kier alpha value is -0.920. The predicted octanol–water partition coefficient (Wildman–Crippen LogP) is 2.63. The second-order valence-electron chi connectivity index (χ2n) is 5.11. The van der Waals surface area contributed by atoms with Gasteiger partial charge in [0.15, 0.2) is 0 Å². The van der Waals surface area contributed by atoms with Crippen LogP contribution in [-0.2, 0) is 4.79 Å². The molecular weight excluding hydrogens is 231 g/mol. The first-order valence-electron chi connectivity index (χ1n) is 5.66. The number of nitrogens with one attached hydrogen (secondary N) is 1. The highest BCUT2D eigenvalue weighted by Gasteiger charge is 2.26. The minimum atomic E-state index is -0.468. The summed E-state index contributed by atoms with van der Waals surface area (Å²) in [6.07, 6.45) is 0. The summed E-state index contributed by atoms with van der Waals surface area (Å²) in [6, 6.07) is 9.22. The molecule has 1 unspecified atom stereocenters. The summed E-state index contributed by atoms with van der Waals surface area (Å²) < 4.78 is 0. The standard InChI is InChI=1S/C13H21N2OP/c1-13(2,3)17(4)15-11(12(14)16)10-8-6-5-7-9-10/h5-9,11,15H,1-4H3,(H2,14,16)/t11-,17?/m1/s1. The molecule has 0 spiro atoms. The van der Waals surface area contributed by atoms with Gasteiger partial charge in [-0.05, 0) is 25.5 Å². The molecule has 0 aliphatic rings. The van der Waals surface area contributed by atoms with Gasteiger partial charge in [0.25, 0.3) is 0 Å². The SMILES string of the molecule is CP(N[C@@H](C(N)=O)c1ccccc1)C(C)(C)C. The average Bonchev–Trinajstić information content (AvgIpc) is 2.25. The quantitative estimate of drug-likeness (QED) is 0.809. The van der Waals surface area contributed by atoms with Gasteiger partial charge in [0, 0.05) is 0 Å². The van der Waals surface area contributed by atoms with Crippen molar-refractivity contribution in [2.24, 2.45) is 5.73 Å². The Morgan fingerprint density at radius 1 is 1.29 bits per heavy atom. The molecule has 0 aromatic heterocycles. The van der Waals surface area contributed by atoms with Crippen LogP contribution < -0.4 is 10.8 Å². The van der Waals surface area contributed by atoms with Crippen molar-refractivity contribution in [3.8, 4) is 0 Å². The van der Waals surface area contributed by atoms with Crippen LogP contribution in [0.3, 0.4) is 0 Å². The molecule has 94 valence electrons. The van der Waals surface area contributed by atoms with Crippen LogP contribution in [-0.4, -0.2) is 17.7 Å². The molecule has 2 atom stereocenters.